The molecule has 42 heavy (non-hydrogen) atoms. The molecule has 9 heteroatoms. The van der Waals surface area contributed by atoms with Crippen LogP contribution in [0.5, 0.6) is 0 Å². The first kappa shape index (κ1) is 29.5. The summed E-state index contributed by atoms with van der Waals surface area (Å²) in [4.78, 5) is 33.9. The lowest BCUT2D eigenvalue weighted by atomic mass is 9.78. The van der Waals surface area contributed by atoms with Gasteiger partial charge in [0.1, 0.15) is 11.4 Å². The van der Waals surface area contributed by atoms with Crippen LogP contribution in [-0.2, 0) is 16.1 Å². The van der Waals surface area contributed by atoms with Gasteiger partial charge in [0.15, 0.2) is 5.11 Å². The minimum atomic E-state index is -1.12. The van der Waals surface area contributed by atoms with Crippen molar-refractivity contribution in [2.24, 2.45) is 0 Å². The minimum absolute atomic E-state index is 0.00379. The first-order valence-corrected chi connectivity index (χ1v) is 14.9. The normalized spacial score (nSPS) is 17.8. The Kier molecular flexibility index (Phi) is 9.06. The van der Waals surface area contributed by atoms with Crippen LogP contribution in [0.15, 0.2) is 78.9 Å². The fourth-order valence-electron chi connectivity index (χ4n) is 5.97. The second kappa shape index (κ2) is 12.9. The maximum Gasteiger partial charge on any atom is 0.250 e. The molecule has 2 amide bonds. The number of hydrogen-bond donors (Lipinski definition) is 2. The highest BCUT2D eigenvalue weighted by atomic mass is 32.1. The SMILES string of the molecule is CN(C)c1ccc(NC(=O)C2(N(Cc3ccccc3F)C(=O)CN3CC(c4ccccc4)NC3=S)CCCCC2)cc1. The number of rotatable bonds is 9. The molecule has 1 heterocycles. The Morgan fingerprint density at radius 3 is 2.31 bits per heavy atom. The highest BCUT2D eigenvalue weighted by Gasteiger charge is 2.47. The maximum absolute atomic E-state index is 15.0. The van der Waals surface area contributed by atoms with Crippen molar-refractivity contribution >= 4 is 40.5 Å². The van der Waals surface area contributed by atoms with Crippen molar-refractivity contribution in [3.05, 3.63) is 95.8 Å². The average Bonchev–Trinajstić information content (AvgIpc) is 3.37. The van der Waals surface area contributed by atoms with Crippen molar-refractivity contribution in [2.75, 3.05) is 37.4 Å². The molecular formula is C33H38FN5O2S. The van der Waals surface area contributed by atoms with E-state index in [-0.39, 0.29) is 30.9 Å². The predicted octanol–water partition coefficient (Wildman–Crippen LogP) is 5.49. The number of amides is 2. The molecule has 0 aromatic heterocycles. The van der Waals surface area contributed by atoms with Crippen molar-refractivity contribution < 1.29 is 14.0 Å². The van der Waals surface area contributed by atoms with E-state index < -0.39 is 11.4 Å². The zero-order chi connectivity index (χ0) is 29.7. The van der Waals surface area contributed by atoms with Gasteiger partial charge in [-0.15, -0.1) is 0 Å². The average molecular weight is 588 g/mol. The Hall–Kier alpha value is -3.98. The van der Waals surface area contributed by atoms with Crippen LogP contribution in [0, 0.1) is 5.82 Å². The third-order valence-electron chi connectivity index (χ3n) is 8.36. The molecule has 2 aliphatic rings. The van der Waals surface area contributed by atoms with Gasteiger partial charge in [0.05, 0.1) is 12.6 Å². The first-order chi connectivity index (χ1) is 20.3. The largest absolute Gasteiger partial charge is 0.378 e. The second-order valence-electron chi connectivity index (χ2n) is 11.4. The summed E-state index contributed by atoms with van der Waals surface area (Å²) < 4.78 is 15.0. The fourth-order valence-corrected chi connectivity index (χ4v) is 6.25. The van der Waals surface area contributed by atoms with Gasteiger partial charge in [0.2, 0.25) is 11.8 Å². The van der Waals surface area contributed by atoms with Crippen LogP contribution in [0.1, 0.15) is 49.3 Å². The monoisotopic (exact) mass is 587 g/mol. The predicted molar refractivity (Wildman–Crippen MR) is 169 cm³/mol. The van der Waals surface area contributed by atoms with Crippen LogP contribution in [-0.4, -0.2) is 59.5 Å². The summed E-state index contributed by atoms with van der Waals surface area (Å²) in [6.45, 7) is 0.518. The molecular weight excluding hydrogens is 549 g/mol. The number of hydrogen-bond acceptors (Lipinski definition) is 4. The molecule has 3 aromatic rings. The van der Waals surface area contributed by atoms with E-state index in [0.29, 0.717) is 35.7 Å². The highest BCUT2D eigenvalue weighted by Crippen LogP contribution is 2.37. The van der Waals surface area contributed by atoms with Gasteiger partial charge in [0, 0.05) is 44.1 Å². The Morgan fingerprint density at radius 1 is 0.976 bits per heavy atom. The van der Waals surface area contributed by atoms with Gasteiger partial charge in [0.25, 0.3) is 0 Å². The summed E-state index contributed by atoms with van der Waals surface area (Å²) >= 11 is 5.63. The van der Waals surface area contributed by atoms with Gasteiger partial charge in [-0.2, -0.15) is 0 Å². The molecule has 1 saturated heterocycles. The summed E-state index contributed by atoms with van der Waals surface area (Å²) in [5, 5.41) is 6.90. The molecule has 5 rings (SSSR count). The van der Waals surface area contributed by atoms with Crippen molar-refractivity contribution in [3.63, 3.8) is 0 Å². The van der Waals surface area contributed by atoms with Gasteiger partial charge in [-0.25, -0.2) is 4.39 Å². The minimum Gasteiger partial charge on any atom is -0.378 e. The van der Waals surface area contributed by atoms with E-state index in [0.717, 1.165) is 30.5 Å². The quantitative estimate of drug-likeness (QED) is 0.323. The number of anilines is 2. The molecule has 1 saturated carbocycles. The van der Waals surface area contributed by atoms with Crippen LogP contribution in [0.2, 0.25) is 0 Å². The number of nitrogens with one attached hydrogen (secondary N) is 2. The van der Waals surface area contributed by atoms with E-state index in [1.807, 2.05) is 78.5 Å². The van der Waals surface area contributed by atoms with E-state index in [2.05, 4.69) is 10.6 Å². The number of carbonyl (C=O) groups is 2. The van der Waals surface area contributed by atoms with Crippen molar-refractivity contribution in [3.8, 4) is 0 Å². The topological polar surface area (TPSA) is 67.9 Å². The smallest absolute Gasteiger partial charge is 0.250 e. The molecule has 0 spiro atoms. The van der Waals surface area contributed by atoms with Crippen LogP contribution >= 0.6 is 12.2 Å². The molecule has 1 aliphatic heterocycles. The molecule has 1 unspecified atom stereocenters. The Balaban J connectivity index is 1.44. The summed E-state index contributed by atoms with van der Waals surface area (Å²) in [6.07, 6.45) is 3.59. The summed E-state index contributed by atoms with van der Waals surface area (Å²) in [5.41, 5.74) is 2.01. The van der Waals surface area contributed by atoms with Crippen LogP contribution in [0.4, 0.5) is 15.8 Å². The summed E-state index contributed by atoms with van der Waals surface area (Å²) in [6, 6.07) is 24.0. The van der Waals surface area contributed by atoms with Crippen LogP contribution < -0.4 is 15.5 Å². The second-order valence-corrected chi connectivity index (χ2v) is 11.7. The molecule has 3 aromatic carbocycles. The van der Waals surface area contributed by atoms with Crippen molar-refractivity contribution in [1.82, 2.24) is 15.1 Å². The van der Waals surface area contributed by atoms with Crippen molar-refractivity contribution in [2.45, 2.75) is 50.2 Å². The molecule has 220 valence electrons. The number of thiocarbonyl (C=S) groups is 1. The van der Waals surface area contributed by atoms with Crippen molar-refractivity contribution in [1.29, 1.82) is 0 Å². The molecule has 2 fully saturated rings. The lowest BCUT2D eigenvalue weighted by Gasteiger charge is -2.45. The van der Waals surface area contributed by atoms with E-state index in [4.69, 9.17) is 12.2 Å². The fraction of sp³-hybridized carbons (Fsp3) is 0.364. The first-order valence-electron chi connectivity index (χ1n) is 14.5. The van der Waals surface area contributed by atoms with Gasteiger partial charge in [-0.3, -0.25) is 9.59 Å². The zero-order valence-electron chi connectivity index (χ0n) is 24.2. The van der Waals surface area contributed by atoms with Gasteiger partial charge in [-0.05, 0) is 61.0 Å². The molecule has 1 atom stereocenters. The highest BCUT2D eigenvalue weighted by molar-refractivity contribution is 7.80. The third-order valence-corrected chi connectivity index (χ3v) is 8.74. The Labute approximate surface area is 252 Å². The zero-order valence-corrected chi connectivity index (χ0v) is 25.0. The van der Waals surface area contributed by atoms with E-state index in [1.165, 1.54) is 6.07 Å². The van der Waals surface area contributed by atoms with Gasteiger partial charge < -0.3 is 25.3 Å². The molecule has 0 radical (unpaired) electrons. The van der Waals surface area contributed by atoms with E-state index in [9.17, 15) is 14.0 Å². The van der Waals surface area contributed by atoms with Gasteiger partial charge in [-0.1, -0.05) is 67.8 Å². The lowest BCUT2D eigenvalue weighted by molar-refractivity contribution is -0.149. The maximum atomic E-state index is 15.0. The van der Waals surface area contributed by atoms with E-state index >= 15 is 0 Å². The summed E-state index contributed by atoms with van der Waals surface area (Å²) in [7, 11) is 3.92. The molecule has 7 nitrogen and oxygen atoms in total. The van der Waals surface area contributed by atoms with E-state index in [1.54, 1.807) is 23.1 Å². The Morgan fingerprint density at radius 2 is 1.64 bits per heavy atom. The number of nitrogens with zero attached hydrogens (tertiary/aromatic N) is 3. The Bertz CT molecular complexity index is 1410. The number of carbonyl (C=O) groups excluding carboxylic acids is 2. The molecule has 1 aliphatic carbocycles. The van der Waals surface area contributed by atoms with Gasteiger partial charge >= 0.3 is 0 Å². The molecule has 0 bridgehead atoms. The lowest BCUT2D eigenvalue weighted by Crippen LogP contribution is -2.61. The molecule has 2 N–H and O–H groups in total. The van der Waals surface area contributed by atoms with Crippen LogP contribution in [0.25, 0.3) is 0 Å². The summed E-state index contributed by atoms with van der Waals surface area (Å²) in [5.74, 6) is -0.895. The third kappa shape index (κ3) is 6.41. The standard InChI is InChI=1S/C33H38FN5O2S/c1-37(2)27-17-15-26(16-18-27)35-31(41)33(19-9-4-10-20-33)39(21-25-13-7-8-14-28(25)34)30(40)23-38-22-29(36-32(38)42)24-11-5-3-6-12-24/h3,5-8,11-18,29H,4,9-10,19-23H2,1-2H3,(H,35,41)(H,36,42). The number of halogens is 1. The number of benzene rings is 3. The van der Waals surface area contributed by atoms with Crippen LogP contribution in [0.3, 0.4) is 0 Å².